The number of allylic oxidation sites excluding steroid dienone is 4. The van der Waals surface area contributed by atoms with E-state index in [0.717, 1.165) is 41.7 Å². The normalized spacial score (nSPS) is 18.4. The molecule has 3 atom stereocenters. The molecule has 2 heterocycles. The summed E-state index contributed by atoms with van der Waals surface area (Å²) >= 11 is 0. The van der Waals surface area contributed by atoms with Crippen molar-refractivity contribution in [2.24, 2.45) is 0 Å². The average molecular weight is 742 g/mol. The van der Waals surface area contributed by atoms with Crippen LogP contribution in [0.1, 0.15) is 92.1 Å². The molecular formula is C44H55NO9. The van der Waals surface area contributed by atoms with E-state index in [1.54, 1.807) is 20.3 Å². The smallest absolute Gasteiger partial charge is 0.340 e. The summed E-state index contributed by atoms with van der Waals surface area (Å²) in [5.41, 5.74) is 5.55. The summed E-state index contributed by atoms with van der Waals surface area (Å²) in [6, 6.07) is 18.9. The van der Waals surface area contributed by atoms with E-state index < -0.39 is 23.8 Å². The Kier molecular flexibility index (Phi) is 14.3. The van der Waals surface area contributed by atoms with Crippen molar-refractivity contribution in [2.75, 3.05) is 41.5 Å². The SMILES string of the molecule is COCOc1ccc(CCN2Cc3c(cc(OCOC)c4c3O[C@@](C)(CC/C=C(\C)CCC=C(C)C)[C@@H](OC(=O)[C@@H](OC)c3ccccc3)C4)C2=O)cc1. The van der Waals surface area contributed by atoms with Gasteiger partial charge in [-0.2, -0.15) is 0 Å². The summed E-state index contributed by atoms with van der Waals surface area (Å²) < 4.78 is 40.9. The van der Waals surface area contributed by atoms with E-state index in [4.69, 9.17) is 33.2 Å². The number of carbonyl (C=O) groups excluding carboxylic acids is 2. The summed E-state index contributed by atoms with van der Waals surface area (Å²) in [6.07, 6.45) is 7.14. The van der Waals surface area contributed by atoms with Gasteiger partial charge >= 0.3 is 5.97 Å². The highest BCUT2D eigenvalue weighted by Gasteiger charge is 2.47. The Hall–Kier alpha value is -4.64. The van der Waals surface area contributed by atoms with Crippen molar-refractivity contribution < 1.29 is 42.7 Å². The summed E-state index contributed by atoms with van der Waals surface area (Å²) in [5, 5.41) is 0. The van der Waals surface area contributed by atoms with Gasteiger partial charge in [0.1, 0.15) is 29.0 Å². The van der Waals surface area contributed by atoms with Crippen LogP contribution in [0.4, 0.5) is 0 Å². The molecule has 0 saturated heterocycles. The van der Waals surface area contributed by atoms with Crippen LogP contribution in [0.15, 0.2) is 84.0 Å². The van der Waals surface area contributed by atoms with Crippen LogP contribution in [-0.2, 0) is 43.1 Å². The van der Waals surface area contributed by atoms with Crippen LogP contribution < -0.4 is 14.2 Å². The van der Waals surface area contributed by atoms with E-state index in [9.17, 15) is 9.59 Å². The highest BCUT2D eigenvalue weighted by Crippen LogP contribution is 2.48. The minimum Gasteiger partial charge on any atom is -0.483 e. The molecule has 0 unspecified atom stereocenters. The number of methoxy groups -OCH3 is 3. The van der Waals surface area contributed by atoms with Crippen molar-refractivity contribution in [3.05, 3.63) is 112 Å². The lowest BCUT2D eigenvalue weighted by Gasteiger charge is -2.43. The summed E-state index contributed by atoms with van der Waals surface area (Å²) in [5.74, 6) is 1.21. The monoisotopic (exact) mass is 741 g/mol. The fourth-order valence-corrected chi connectivity index (χ4v) is 6.97. The first-order chi connectivity index (χ1) is 26.1. The van der Waals surface area contributed by atoms with Crippen molar-refractivity contribution in [1.29, 1.82) is 0 Å². The van der Waals surface area contributed by atoms with E-state index in [1.807, 2.05) is 66.4 Å². The van der Waals surface area contributed by atoms with Gasteiger partial charge in [-0.05, 0) is 89.1 Å². The zero-order valence-corrected chi connectivity index (χ0v) is 32.8. The molecule has 10 nitrogen and oxygen atoms in total. The highest BCUT2D eigenvalue weighted by molar-refractivity contribution is 6.00. The number of rotatable bonds is 19. The molecule has 0 bridgehead atoms. The van der Waals surface area contributed by atoms with Gasteiger partial charge < -0.3 is 38.1 Å². The van der Waals surface area contributed by atoms with Crippen LogP contribution in [0.2, 0.25) is 0 Å². The van der Waals surface area contributed by atoms with Crippen molar-refractivity contribution >= 4 is 11.9 Å². The number of ether oxygens (including phenoxy) is 7. The lowest BCUT2D eigenvalue weighted by Crippen LogP contribution is -2.52. The van der Waals surface area contributed by atoms with Gasteiger partial charge in [-0.15, -0.1) is 0 Å². The molecule has 0 saturated carbocycles. The van der Waals surface area contributed by atoms with E-state index in [-0.39, 0.29) is 19.5 Å². The first-order valence-corrected chi connectivity index (χ1v) is 18.6. The summed E-state index contributed by atoms with van der Waals surface area (Å²) in [4.78, 5) is 29.6. The average Bonchev–Trinajstić information content (AvgIpc) is 3.48. The Balaban J connectivity index is 1.44. The highest BCUT2D eigenvalue weighted by atomic mass is 16.7. The van der Waals surface area contributed by atoms with Crippen molar-refractivity contribution in [3.8, 4) is 17.2 Å². The number of esters is 1. The van der Waals surface area contributed by atoms with Gasteiger partial charge in [0.25, 0.3) is 5.91 Å². The van der Waals surface area contributed by atoms with E-state index >= 15 is 0 Å². The van der Waals surface area contributed by atoms with Gasteiger partial charge in [0, 0.05) is 45.4 Å². The minimum atomic E-state index is -0.926. The molecule has 1 amide bonds. The number of hydrogen-bond donors (Lipinski definition) is 0. The molecule has 0 aliphatic carbocycles. The third-order valence-electron chi connectivity index (χ3n) is 10.0. The minimum absolute atomic E-state index is 0.0223. The maximum Gasteiger partial charge on any atom is 0.340 e. The van der Waals surface area contributed by atoms with Crippen LogP contribution in [0.3, 0.4) is 0 Å². The molecule has 0 spiro atoms. The Labute approximate surface area is 320 Å². The standard InChI is InChI=1S/C44H55NO9/c1-30(2)13-11-14-31(3)15-12-23-44(4)39(53-43(47)40(50-7)33-16-9-8-10-17-33)26-36-38(52-29-49-6)25-35-37(41(36)54-44)27-45(42(35)46)24-22-32-18-20-34(21-19-32)51-28-48-5/h8-10,13,15-21,25,39-40H,11-12,14,22-24,26-29H2,1-7H3/b31-15+/t39-,40-,44-/m0/s1. The molecule has 10 heteroatoms. The second-order valence-corrected chi connectivity index (χ2v) is 14.4. The molecule has 3 aromatic rings. The van der Waals surface area contributed by atoms with Crippen LogP contribution in [0, 0.1) is 0 Å². The zero-order valence-electron chi connectivity index (χ0n) is 32.8. The van der Waals surface area contributed by atoms with E-state index in [1.165, 1.54) is 18.3 Å². The molecule has 0 aromatic heterocycles. The number of hydrogen-bond acceptors (Lipinski definition) is 9. The van der Waals surface area contributed by atoms with Gasteiger partial charge in [-0.1, -0.05) is 65.8 Å². The molecule has 54 heavy (non-hydrogen) atoms. The lowest BCUT2D eigenvalue weighted by molar-refractivity contribution is -0.175. The number of carbonyl (C=O) groups is 2. The first kappa shape index (κ1) is 40.5. The van der Waals surface area contributed by atoms with Gasteiger partial charge in [-0.25, -0.2) is 4.79 Å². The molecule has 5 rings (SSSR count). The van der Waals surface area contributed by atoms with Crippen LogP contribution in [0.25, 0.3) is 0 Å². The van der Waals surface area contributed by atoms with E-state index in [0.29, 0.717) is 55.0 Å². The second-order valence-electron chi connectivity index (χ2n) is 14.4. The Morgan fingerprint density at radius 2 is 1.67 bits per heavy atom. The Morgan fingerprint density at radius 1 is 0.944 bits per heavy atom. The lowest BCUT2D eigenvalue weighted by atomic mass is 9.83. The number of amides is 1. The quantitative estimate of drug-likeness (QED) is 0.0682. The molecule has 2 aliphatic heterocycles. The summed E-state index contributed by atoms with van der Waals surface area (Å²) in [7, 11) is 4.63. The van der Waals surface area contributed by atoms with Gasteiger partial charge in [-0.3, -0.25) is 4.79 Å². The first-order valence-electron chi connectivity index (χ1n) is 18.6. The van der Waals surface area contributed by atoms with Crippen LogP contribution in [-0.4, -0.2) is 69.9 Å². The maximum atomic E-state index is 13.9. The van der Waals surface area contributed by atoms with Gasteiger partial charge in [0.2, 0.25) is 0 Å². The molecule has 3 aromatic carbocycles. The molecule has 290 valence electrons. The largest absolute Gasteiger partial charge is 0.483 e. The van der Waals surface area contributed by atoms with Gasteiger partial charge in [0.15, 0.2) is 19.7 Å². The maximum absolute atomic E-state index is 13.9. The second kappa shape index (κ2) is 19.1. The molecule has 0 N–H and O–H groups in total. The molecule has 2 aliphatic rings. The molecule has 0 fully saturated rings. The number of nitrogens with zero attached hydrogens (tertiary/aromatic N) is 1. The topological polar surface area (TPSA) is 102 Å². The van der Waals surface area contributed by atoms with Crippen LogP contribution >= 0.6 is 0 Å². The van der Waals surface area contributed by atoms with Crippen molar-refractivity contribution in [1.82, 2.24) is 4.90 Å². The third kappa shape index (κ3) is 10.1. The van der Waals surface area contributed by atoms with E-state index in [2.05, 4.69) is 32.9 Å². The summed E-state index contributed by atoms with van der Waals surface area (Å²) in [6.45, 7) is 9.42. The fraction of sp³-hybridized carbons (Fsp3) is 0.455. The molecule has 0 radical (unpaired) electrons. The predicted molar refractivity (Wildman–Crippen MR) is 207 cm³/mol. The Morgan fingerprint density at radius 3 is 2.35 bits per heavy atom. The Bertz CT molecular complexity index is 1780. The number of benzene rings is 3. The fourth-order valence-electron chi connectivity index (χ4n) is 6.97. The zero-order chi connectivity index (χ0) is 38.7. The molecular weight excluding hydrogens is 686 g/mol. The third-order valence-corrected chi connectivity index (χ3v) is 10.0. The predicted octanol–water partition coefficient (Wildman–Crippen LogP) is 8.32. The van der Waals surface area contributed by atoms with Crippen molar-refractivity contribution in [3.63, 3.8) is 0 Å². The van der Waals surface area contributed by atoms with Gasteiger partial charge in [0.05, 0.1) is 12.1 Å². The number of fused-ring (bicyclic) bond motifs is 3. The van der Waals surface area contributed by atoms with Crippen LogP contribution in [0.5, 0.6) is 17.2 Å². The van der Waals surface area contributed by atoms with Crippen molar-refractivity contribution in [2.45, 2.75) is 90.6 Å².